The van der Waals surface area contributed by atoms with E-state index in [9.17, 15) is 21.6 Å². The van der Waals surface area contributed by atoms with Gasteiger partial charge in [0.1, 0.15) is 5.75 Å². The van der Waals surface area contributed by atoms with Crippen LogP contribution in [0.25, 0.3) is 12.2 Å². The van der Waals surface area contributed by atoms with Crippen LogP contribution in [0.3, 0.4) is 0 Å². The van der Waals surface area contributed by atoms with Crippen LogP contribution in [-0.2, 0) is 10.1 Å². The van der Waals surface area contributed by atoms with E-state index in [0.717, 1.165) is 12.1 Å². The standard InChI is InChI=1S/C12H11F3O4S/c1-4-8-6-9(18-3)7-11(10(8)5-2)19-20(16,17)12(13,14)15/h4-7H,1-2H2,3H3. The van der Waals surface area contributed by atoms with E-state index in [1.807, 2.05) is 0 Å². The molecule has 1 aromatic carbocycles. The van der Waals surface area contributed by atoms with Crippen molar-refractivity contribution in [3.05, 3.63) is 36.4 Å². The van der Waals surface area contributed by atoms with Crippen molar-refractivity contribution in [3.8, 4) is 11.5 Å². The van der Waals surface area contributed by atoms with Crippen molar-refractivity contribution < 1.29 is 30.5 Å². The van der Waals surface area contributed by atoms with Crippen molar-refractivity contribution in [2.75, 3.05) is 7.11 Å². The second-order valence-electron chi connectivity index (χ2n) is 3.52. The molecule has 110 valence electrons. The predicted molar refractivity (Wildman–Crippen MR) is 68.8 cm³/mol. The van der Waals surface area contributed by atoms with Crippen LogP contribution in [0, 0.1) is 0 Å². The Morgan fingerprint density at radius 2 is 1.80 bits per heavy atom. The van der Waals surface area contributed by atoms with Gasteiger partial charge in [0.2, 0.25) is 0 Å². The zero-order valence-corrected chi connectivity index (χ0v) is 11.2. The van der Waals surface area contributed by atoms with Crippen LogP contribution in [-0.4, -0.2) is 21.0 Å². The molecule has 0 saturated carbocycles. The molecule has 0 N–H and O–H groups in total. The lowest BCUT2D eigenvalue weighted by atomic mass is 10.1. The Labute approximate surface area is 114 Å². The Hall–Kier alpha value is -1.96. The molecule has 0 aliphatic heterocycles. The molecule has 0 heterocycles. The van der Waals surface area contributed by atoms with Crippen LogP contribution in [0.5, 0.6) is 11.5 Å². The molecule has 0 unspecified atom stereocenters. The summed E-state index contributed by atoms with van der Waals surface area (Å²) in [5.41, 5.74) is -5.14. The van der Waals surface area contributed by atoms with Gasteiger partial charge in [-0.2, -0.15) is 21.6 Å². The van der Waals surface area contributed by atoms with E-state index in [4.69, 9.17) is 4.74 Å². The fourth-order valence-electron chi connectivity index (χ4n) is 1.36. The van der Waals surface area contributed by atoms with E-state index in [-0.39, 0.29) is 11.3 Å². The summed E-state index contributed by atoms with van der Waals surface area (Å²) in [6.07, 6.45) is 2.48. The van der Waals surface area contributed by atoms with Crippen molar-refractivity contribution in [1.82, 2.24) is 0 Å². The first-order valence-electron chi connectivity index (χ1n) is 5.14. The van der Waals surface area contributed by atoms with Gasteiger partial charge in [0.05, 0.1) is 7.11 Å². The van der Waals surface area contributed by atoms with Gasteiger partial charge in [-0.25, -0.2) is 0 Å². The number of methoxy groups -OCH3 is 1. The lowest BCUT2D eigenvalue weighted by molar-refractivity contribution is -0.0500. The summed E-state index contributed by atoms with van der Waals surface area (Å²) in [7, 11) is -4.50. The van der Waals surface area contributed by atoms with Crippen LogP contribution in [0.2, 0.25) is 0 Å². The number of ether oxygens (including phenoxy) is 1. The highest BCUT2D eigenvalue weighted by atomic mass is 32.2. The summed E-state index contributed by atoms with van der Waals surface area (Å²) in [5.74, 6) is -0.413. The van der Waals surface area contributed by atoms with Gasteiger partial charge in [0, 0.05) is 11.6 Å². The Morgan fingerprint density at radius 1 is 1.20 bits per heavy atom. The second-order valence-corrected chi connectivity index (χ2v) is 5.06. The van der Waals surface area contributed by atoms with E-state index in [1.165, 1.54) is 19.3 Å². The summed E-state index contributed by atoms with van der Waals surface area (Å²) < 4.78 is 68.0. The van der Waals surface area contributed by atoms with E-state index in [2.05, 4.69) is 17.3 Å². The fourth-order valence-corrected chi connectivity index (χ4v) is 1.83. The molecule has 0 saturated heterocycles. The van der Waals surface area contributed by atoms with Gasteiger partial charge in [-0.1, -0.05) is 25.3 Å². The van der Waals surface area contributed by atoms with Gasteiger partial charge < -0.3 is 8.92 Å². The monoisotopic (exact) mass is 308 g/mol. The third-order valence-corrected chi connectivity index (χ3v) is 3.26. The molecule has 8 heteroatoms. The van der Waals surface area contributed by atoms with Crippen molar-refractivity contribution in [2.24, 2.45) is 0 Å². The Bertz CT molecular complexity index is 633. The van der Waals surface area contributed by atoms with Gasteiger partial charge in [-0.15, -0.1) is 0 Å². The normalized spacial score (nSPS) is 11.8. The van der Waals surface area contributed by atoms with Gasteiger partial charge in [-0.3, -0.25) is 0 Å². The minimum atomic E-state index is -5.77. The zero-order chi connectivity index (χ0) is 15.6. The summed E-state index contributed by atoms with van der Waals surface area (Å²) in [6.45, 7) is 6.87. The maximum absolute atomic E-state index is 12.3. The second kappa shape index (κ2) is 5.58. The highest BCUT2D eigenvalue weighted by molar-refractivity contribution is 7.88. The number of halogens is 3. The number of rotatable bonds is 5. The van der Waals surface area contributed by atoms with Crippen molar-refractivity contribution in [2.45, 2.75) is 5.51 Å². The predicted octanol–water partition coefficient (Wildman–Crippen LogP) is 3.21. The molecule has 0 aliphatic rings. The third kappa shape index (κ3) is 3.13. The lowest BCUT2D eigenvalue weighted by Gasteiger charge is -2.14. The van der Waals surface area contributed by atoms with E-state index < -0.39 is 21.4 Å². The average molecular weight is 308 g/mol. The minimum Gasteiger partial charge on any atom is -0.497 e. The molecular formula is C12H11F3O4S. The number of hydrogen-bond acceptors (Lipinski definition) is 4. The van der Waals surface area contributed by atoms with E-state index in [1.54, 1.807) is 0 Å². The van der Waals surface area contributed by atoms with Crippen molar-refractivity contribution >= 4 is 22.3 Å². The third-order valence-electron chi connectivity index (χ3n) is 2.29. The first-order chi connectivity index (χ1) is 9.16. The molecular weight excluding hydrogens is 297 g/mol. The molecule has 0 spiro atoms. The molecule has 0 fully saturated rings. The summed E-state index contributed by atoms with van der Waals surface area (Å²) in [4.78, 5) is 0. The van der Waals surface area contributed by atoms with Crippen molar-refractivity contribution in [1.29, 1.82) is 0 Å². The van der Waals surface area contributed by atoms with Crippen LogP contribution in [0.1, 0.15) is 11.1 Å². The van der Waals surface area contributed by atoms with Gasteiger partial charge >= 0.3 is 15.6 Å². The van der Waals surface area contributed by atoms with E-state index in [0.29, 0.717) is 5.56 Å². The van der Waals surface area contributed by atoms with Gasteiger partial charge in [0.25, 0.3) is 0 Å². The van der Waals surface area contributed by atoms with Crippen LogP contribution >= 0.6 is 0 Å². The maximum Gasteiger partial charge on any atom is 0.534 e. The lowest BCUT2D eigenvalue weighted by Crippen LogP contribution is -2.28. The molecule has 1 aromatic rings. The Morgan fingerprint density at radius 3 is 2.20 bits per heavy atom. The highest BCUT2D eigenvalue weighted by Crippen LogP contribution is 2.34. The number of alkyl halides is 3. The topological polar surface area (TPSA) is 52.6 Å². The smallest absolute Gasteiger partial charge is 0.497 e. The Balaban J connectivity index is 3.45. The van der Waals surface area contributed by atoms with Crippen LogP contribution in [0.4, 0.5) is 13.2 Å². The summed E-state index contributed by atoms with van der Waals surface area (Å²) in [5, 5.41) is 0. The average Bonchev–Trinajstić information content (AvgIpc) is 2.35. The Kier molecular flexibility index (Phi) is 4.49. The molecule has 4 nitrogen and oxygen atoms in total. The molecule has 0 amide bonds. The molecule has 1 rings (SSSR count). The molecule has 20 heavy (non-hydrogen) atoms. The summed E-state index contributed by atoms with van der Waals surface area (Å²) in [6, 6.07) is 2.48. The van der Waals surface area contributed by atoms with E-state index >= 15 is 0 Å². The quantitative estimate of drug-likeness (QED) is 0.619. The van der Waals surface area contributed by atoms with Crippen LogP contribution < -0.4 is 8.92 Å². The van der Waals surface area contributed by atoms with Gasteiger partial charge in [-0.05, 0) is 11.6 Å². The molecule has 0 aliphatic carbocycles. The minimum absolute atomic E-state index is 0.0635. The first-order valence-corrected chi connectivity index (χ1v) is 6.54. The summed E-state index contributed by atoms with van der Waals surface area (Å²) >= 11 is 0. The molecule has 0 aromatic heterocycles. The number of hydrogen-bond donors (Lipinski definition) is 0. The SMILES string of the molecule is C=Cc1cc(OC)cc(OS(=O)(=O)C(F)(F)F)c1C=C. The zero-order valence-electron chi connectivity index (χ0n) is 10.4. The first kappa shape index (κ1) is 16.1. The van der Waals surface area contributed by atoms with Gasteiger partial charge in [0.15, 0.2) is 5.75 Å². The molecule has 0 bridgehead atoms. The largest absolute Gasteiger partial charge is 0.534 e. The molecule has 0 atom stereocenters. The highest BCUT2D eigenvalue weighted by Gasteiger charge is 2.48. The molecule has 0 radical (unpaired) electrons. The maximum atomic E-state index is 12.3. The number of benzene rings is 1. The van der Waals surface area contributed by atoms with Crippen molar-refractivity contribution in [3.63, 3.8) is 0 Å². The van der Waals surface area contributed by atoms with Crippen LogP contribution in [0.15, 0.2) is 25.3 Å². The fraction of sp³-hybridized carbons (Fsp3) is 0.167.